The van der Waals surface area contributed by atoms with Crippen molar-refractivity contribution in [3.8, 4) is 11.4 Å². The largest absolute Gasteiger partial charge is 0.340 e. The van der Waals surface area contributed by atoms with Crippen molar-refractivity contribution >= 4 is 40.6 Å². The molecule has 3 heterocycles. The Hall–Kier alpha value is -1.90. The summed E-state index contributed by atoms with van der Waals surface area (Å²) in [7, 11) is 3.67. The minimum Gasteiger partial charge on any atom is -0.340 e. The van der Waals surface area contributed by atoms with Gasteiger partial charge in [0.25, 0.3) is 0 Å². The zero-order valence-electron chi connectivity index (χ0n) is 13.7. The van der Waals surface area contributed by atoms with Crippen molar-refractivity contribution in [3.05, 3.63) is 45.9 Å². The van der Waals surface area contributed by atoms with Crippen molar-refractivity contribution in [2.24, 2.45) is 7.05 Å². The third-order valence-corrected chi connectivity index (χ3v) is 5.75. The van der Waals surface area contributed by atoms with Crippen LogP contribution in [0.2, 0.25) is 4.34 Å². The Morgan fingerprint density at radius 3 is 2.88 bits per heavy atom. The minimum absolute atomic E-state index is 0.0282. The molecule has 0 bridgehead atoms. The van der Waals surface area contributed by atoms with Crippen LogP contribution in [0.1, 0.15) is 4.88 Å². The summed E-state index contributed by atoms with van der Waals surface area (Å²) in [5, 5.41) is 9.06. The Labute approximate surface area is 158 Å². The van der Waals surface area contributed by atoms with Crippen LogP contribution in [0.3, 0.4) is 0 Å². The van der Waals surface area contributed by atoms with Crippen molar-refractivity contribution in [1.82, 2.24) is 24.6 Å². The second kappa shape index (κ2) is 7.99. The molecule has 3 aromatic heterocycles. The summed E-state index contributed by atoms with van der Waals surface area (Å²) < 4.78 is 2.60. The third kappa shape index (κ3) is 4.39. The van der Waals surface area contributed by atoms with Gasteiger partial charge in [0.1, 0.15) is 0 Å². The van der Waals surface area contributed by atoms with Gasteiger partial charge in [-0.3, -0.25) is 9.78 Å². The molecule has 9 heteroatoms. The van der Waals surface area contributed by atoms with Gasteiger partial charge in [0.05, 0.1) is 16.6 Å². The normalized spacial score (nSPS) is 10.8. The second-order valence-corrected chi connectivity index (χ2v) is 8.09. The molecule has 6 nitrogen and oxygen atoms in total. The number of nitrogens with zero attached hydrogens (tertiary/aromatic N) is 5. The highest BCUT2D eigenvalue weighted by atomic mass is 35.5. The highest BCUT2D eigenvalue weighted by molar-refractivity contribution is 7.99. The van der Waals surface area contributed by atoms with E-state index in [1.165, 1.54) is 23.1 Å². The van der Waals surface area contributed by atoms with Gasteiger partial charge in [-0.15, -0.1) is 21.5 Å². The van der Waals surface area contributed by atoms with E-state index in [1.807, 2.05) is 35.9 Å². The highest BCUT2D eigenvalue weighted by Gasteiger charge is 2.15. The van der Waals surface area contributed by atoms with E-state index in [0.29, 0.717) is 17.5 Å². The molecule has 0 N–H and O–H groups in total. The monoisotopic (exact) mass is 393 g/mol. The van der Waals surface area contributed by atoms with Gasteiger partial charge >= 0.3 is 0 Å². The first-order valence-corrected chi connectivity index (χ1v) is 9.63. The Bertz CT molecular complexity index is 865. The van der Waals surface area contributed by atoms with Crippen LogP contribution in [0.15, 0.2) is 41.8 Å². The third-order valence-electron chi connectivity index (χ3n) is 3.53. The van der Waals surface area contributed by atoms with E-state index in [0.717, 1.165) is 20.6 Å². The maximum atomic E-state index is 12.3. The van der Waals surface area contributed by atoms with E-state index in [4.69, 9.17) is 11.6 Å². The number of carbonyl (C=O) groups excluding carboxylic acids is 1. The lowest BCUT2D eigenvalue weighted by Crippen LogP contribution is -2.27. The van der Waals surface area contributed by atoms with E-state index in [-0.39, 0.29) is 5.91 Å². The number of amides is 1. The van der Waals surface area contributed by atoms with Gasteiger partial charge in [0.2, 0.25) is 5.91 Å². The zero-order valence-corrected chi connectivity index (χ0v) is 16.1. The molecule has 0 aliphatic heterocycles. The number of hydrogen-bond acceptors (Lipinski definition) is 6. The van der Waals surface area contributed by atoms with Gasteiger partial charge in [-0.2, -0.15) is 0 Å². The number of thioether (sulfide) groups is 1. The Morgan fingerprint density at radius 2 is 2.20 bits per heavy atom. The minimum atomic E-state index is 0.0282. The van der Waals surface area contributed by atoms with Crippen molar-refractivity contribution < 1.29 is 4.79 Å². The zero-order chi connectivity index (χ0) is 17.8. The molecule has 1 amide bonds. The van der Waals surface area contributed by atoms with Crippen LogP contribution in [0.25, 0.3) is 11.4 Å². The summed E-state index contributed by atoms with van der Waals surface area (Å²) in [6.07, 6.45) is 3.45. The lowest BCUT2D eigenvalue weighted by atomic mass is 10.3. The summed E-state index contributed by atoms with van der Waals surface area (Å²) >= 11 is 8.78. The number of pyridine rings is 1. The first-order valence-electron chi connectivity index (χ1n) is 7.45. The van der Waals surface area contributed by atoms with Gasteiger partial charge in [0.15, 0.2) is 11.0 Å². The predicted octanol–water partition coefficient (Wildman–Crippen LogP) is 3.34. The van der Waals surface area contributed by atoms with Crippen LogP contribution in [-0.4, -0.2) is 43.4 Å². The number of hydrogen-bond donors (Lipinski definition) is 0. The molecule has 0 unspecified atom stereocenters. The molecule has 0 saturated carbocycles. The average molecular weight is 394 g/mol. The summed E-state index contributed by atoms with van der Waals surface area (Å²) in [6.45, 7) is 0.552. The van der Waals surface area contributed by atoms with Crippen molar-refractivity contribution in [3.63, 3.8) is 0 Å². The summed E-state index contributed by atoms with van der Waals surface area (Å²) in [5.41, 5.74) is 0.891. The van der Waals surface area contributed by atoms with Crippen LogP contribution < -0.4 is 0 Å². The van der Waals surface area contributed by atoms with E-state index in [1.54, 1.807) is 24.3 Å². The molecule has 0 atom stereocenters. The van der Waals surface area contributed by atoms with Crippen molar-refractivity contribution in [2.75, 3.05) is 12.8 Å². The lowest BCUT2D eigenvalue weighted by Gasteiger charge is -2.15. The fourth-order valence-corrected chi connectivity index (χ4v) is 4.17. The maximum Gasteiger partial charge on any atom is 0.233 e. The molecule has 3 rings (SSSR count). The fourth-order valence-electron chi connectivity index (χ4n) is 2.18. The van der Waals surface area contributed by atoms with Crippen molar-refractivity contribution in [2.45, 2.75) is 11.7 Å². The molecule has 0 aliphatic carbocycles. The SMILES string of the molecule is CN(Cc1ccc(Cl)s1)C(=O)CSc1nnc(-c2cccnc2)n1C. The standard InChI is InChI=1S/C16H16ClN5OS2/c1-21(9-12-5-6-13(17)25-12)14(23)10-24-16-20-19-15(22(16)2)11-4-3-7-18-8-11/h3-8H,9-10H2,1-2H3. The summed E-state index contributed by atoms with van der Waals surface area (Å²) in [5.74, 6) is 1.05. The Balaban J connectivity index is 1.60. The Kier molecular flexibility index (Phi) is 5.72. The van der Waals surface area contributed by atoms with Crippen LogP contribution in [-0.2, 0) is 18.4 Å². The smallest absolute Gasteiger partial charge is 0.233 e. The molecular weight excluding hydrogens is 378 g/mol. The molecule has 0 saturated heterocycles. The lowest BCUT2D eigenvalue weighted by molar-refractivity contribution is -0.127. The number of halogens is 1. The average Bonchev–Trinajstić information content (AvgIpc) is 3.19. The van der Waals surface area contributed by atoms with Crippen molar-refractivity contribution in [1.29, 1.82) is 0 Å². The molecule has 0 aromatic carbocycles. The Morgan fingerprint density at radius 1 is 1.36 bits per heavy atom. The molecule has 0 fully saturated rings. The molecule has 130 valence electrons. The number of aromatic nitrogens is 4. The number of carbonyl (C=O) groups is 1. The molecule has 0 aliphatic rings. The van der Waals surface area contributed by atoms with Gasteiger partial charge in [-0.25, -0.2) is 0 Å². The van der Waals surface area contributed by atoms with E-state index in [2.05, 4.69) is 15.2 Å². The molecule has 0 radical (unpaired) electrons. The predicted molar refractivity (Wildman–Crippen MR) is 101 cm³/mol. The molecule has 25 heavy (non-hydrogen) atoms. The van der Waals surface area contributed by atoms with Crippen LogP contribution in [0, 0.1) is 0 Å². The summed E-state index contributed by atoms with van der Waals surface area (Å²) in [4.78, 5) is 19.2. The first kappa shape index (κ1) is 17.9. The fraction of sp³-hybridized carbons (Fsp3) is 0.250. The van der Waals surface area contributed by atoms with E-state index < -0.39 is 0 Å². The number of rotatable bonds is 6. The van der Waals surface area contributed by atoms with Gasteiger partial charge in [0, 0.05) is 36.9 Å². The first-order chi connectivity index (χ1) is 12.0. The maximum absolute atomic E-state index is 12.3. The van der Waals surface area contributed by atoms with Crippen LogP contribution >= 0.6 is 34.7 Å². The molecular formula is C16H16ClN5OS2. The quantitative estimate of drug-likeness (QED) is 0.601. The topological polar surface area (TPSA) is 63.9 Å². The number of thiophene rings is 1. The van der Waals surface area contributed by atoms with E-state index in [9.17, 15) is 4.79 Å². The van der Waals surface area contributed by atoms with Gasteiger partial charge in [-0.1, -0.05) is 23.4 Å². The summed E-state index contributed by atoms with van der Waals surface area (Å²) in [6, 6.07) is 7.56. The molecule has 3 aromatic rings. The van der Waals surface area contributed by atoms with Crippen LogP contribution in [0.5, 0.6) is 0 Å². The molecule has 0 spiro atoms. The van der Waals surface area contributed by atoms with Gasteiger partial charge in [-0.05, 0) is 24.3 Å². The van der Waals surface area contributed by atoms with Crippen LogP contribution in [0.4, 0.5) is 0 Å². The van der Waals surface area contributed by atoms with Gasteiger partial charge < -0.3 is 9.47 Å². The highest BCUT2D eigenvalue weighted by Crippen LogP contribution is 2.24. The van der Waals surface area contributed by atoms with E-state index >= 15 is 0 Å². The second-order valence-electron chi connectivity index (χ2n) is 5.35.